The number of allylic oxidation sites excluding steroid dienone is 1. The van der Waals surface area contributed by atoms with E-state index in [-0.39, 0.29) is 5.41 Å². The van der Waals surface area contributed by atoms with E-state index >= 15 is 0 Å². The van der Waals surface area contributed by atoms with E-state index in [9.17, 15) is 14.7 Å². The van der Waals surface area contributed by atoms with E-state index in [0.717, 1.165) is 24.8 Å². The Kier molecular flexibility index (Phi) is 7.80. The van der Waals surface area contributed by atoms with Crippen molar-refractivity contribution in [2.45, 2.75) is 72.5 Å². The second-order valence-corrected chi connectivity index (χ2v) is 8.50. The lowest BCUT2D eigenvalue weighted by Gasteiger charge is -2.29. The third kappa shape index (κ3) is 6.86. The summed E-state index contributed by atoms with van der Waals surface area (Å²) in [5, 5.41) is 10.7. The summed E-state index contributed by atoms with van der Waals surface area (Å²) in [6, 6.07) is 6.27. The molecule has 2 rings (SSSR count). The van der Waals surface area contributed by atoms with Crippen LogP contribution in [-0.2, 0) is 9.53 Å². The summed E-state index contributed by atoms with van der Waals surface area (Å²) in [6.07, 6.45) is 6.34. The van der Waals surface area contributed by atoms with Gasteiger partial charge in [-0.25, -0.2) is 4.79 Å². The fourth-order valence-electron chi connectivity index (χ4n) is 3.31. The van der Waals surface area contributed by atoms with Crippen LogP contribution in [0.2, 0.25) is 0 Å². The van der Waals surface area contributed by atoms with Gasteiger partial charge in [0.25, 0.3) is 0 Å². The highest BCUT2D eigenvalue weighted by Gasteiger charge is 2.28. The molecule has 0 bridgehead atoms. The molecule has 0 heterocycles. The smallest absolute Gasteiger partial charge is 0.338 e. The molecule has 1 aliphatic rings. The van der Waals surface area contributed by atoms with Crippen LogP contribution in [0.25, 0.3) is 0 Å². The Morgan fingerprint density at radius 2 is 1.79 bits per heavy atom. The molecule has 0 spiro atoms. The molecule has 5 nitrogen and oxygen atoms in total. The minimum absolute atomic E-state index is 0.243. The largest absolute Gasteiger partial charge is 0.454 e. The Hall–Kier alpha value is -2.40. The van der Waals surface area contributed by atoms with E-state index in [1.165, 1.54) is 12.5 Å². The zero-order valence-corrected chi connectivity index (χ0v) is 18.0. The molecular weight excluding hydrogens is 368 g/mol. The second-order valence-electron chi connectivity index (χ2n) is 8.50. The van der Waals surface area contributed by atoms with Crippen LogP contribution in [-0.4, -0.2) is 29.3 Å². The van der Waals surface area contributed by atoms with Crippen LogP contribution in [0.1, 0.15) is 70.7 Å². The third-order valence-corrected chi connectivity index (χ3v) is 5.40. The maximum absolute atomic E-state index is 12.7. The van der Waals surface area contributed by atoms with Crippen LogP contribution in [0.4, 0.5) is 0 Å². The van der Waals surface area contributed by atoms with Crippen molar-refractivity contribution in [1.29, 1.82) is 0 Å². The lowest BCUT2D eigenvalue weighted by molar-refractivity contribution is -0.131. The Morgan fingerprint density at radius 1 is 1.14 bits per heavy atom. The van der Waals surface area contributed by atoms with Crippen molar-refractivity contribution < 1.29 is 24.2 Å². The first-order valence-electron chi connectivity index (χ1n) is 10.1. The summed E-state index contributed by atoms with van der Waals surface area (Å²) in [7, 11) is 0. The number of carbonyl (C=O) groups excluding carboxylic acids is 2. The van der Waals surface area contributed by atoms with Crippen molar-refractivity contribution in [1.82, 2.24) is 0 Å². The van der Waals surface area contributed by atoms with E-state index in [2.05, 4.69) is 26.8 Å². The van der Waals surface area contributed by atoms with Crippen molar-refractivity contribution in [3.63, 3.8) is 0 Å². The van der Waals surface area contributed by atoms with Gasteiger partial charge in [-0.15, -0.1) is 0 Å². The van der Waals surface area contributed by atoms with Gasteiger partial charge in [-0.1, -0.05) is 31.6 Å². The molecule has 1 aromatic carbocycles. The van der Waals surface area contributed by atoms with Gasteiger partial charge in [0.05, 0.1) is 11.7 Å². The summed E-state index contributed by atoms with van der Waals surface area (Å²) in [6.45, 7) is 9.42. The fraction of sp³-hybridized carbons (Fsp3) is 0.500. The van der Waals surface area contributed by atoms with Gasteiger partial charge >= 0.3 is 11.9 Å². The van der Waals surface area contributed by atoms with Crippen molar-refractivity contribution in [2.24, 2.45) is 5.41 Å². The third-order valence-electron chi connectivity index (χ3n) is 5.40. The first-order chi connectivity index (χ1) is 13.6. The summed E-state index contributed by atoms with van der Waals surface area (Å²) >= 11 is 0. The molecule has 0 aliphatic heterocycles. The van der Waals surface area contributed by atoms with Crippen LogP contribution in [0.5, 0.6) is 5.75 Å². The average Bonchev–Trinajstić information content (AvgIpc) is 2.65. The van der Waals surface area contributed by atoms with Crippen LogP contribution in [0, 0.1) is 5.41 Å². The van der Waals surface area contributed by atoms with Crippen LogP contribution < -0.4 is 4.74 Å². The number of aliphatic hydroxyl groups is 1. The molecule has 1 aliphatic carbocycles. The Bertz CT molecular complexity index is 786. The van der Waals surface area contributed by atoms with Crippen LogP contribution in [0.3, 0.4) is 0 Å². The topological polar surface area (TPSA) is 72.8 Å². The number of ether oxygens (including phenoxy) is 2. The highest BCUT2D eigenvalue weighted by molar-refractivity contribution is 5.89. The summed E-state index contributed by atoms with van der Waals surface area (Å²) < 4.78 is 10.8. The normalized spacial score (nSPS) is 26.1. The zero-order valence-electron chi connectivity index (χ0n) is 18.0. The molecular formula is C24H32O5. The average molecular weight is 401 g/mol. The minimum atomic E-state index is -0.606. The van der Waals surface area contributed by atoms with E-state index in [4.69, 9.17) is 9.47 Å². The molecule has 0 saturated heterocycles. The highest BCUT2D eigenvalue weighted by atomic mass is 16.5. The van der Waals surface area contributed by atoms with Crippen LogP contribution >= 0.6 is 0 Å². The summed E-state index contributed by atoms with van der Waals surface area (Å²) in [4.78, 5) is 23.7. The lowest BCUT2D eigenvalue weighted by atomic mass is 9.80. The first-order valence-corrected chi connectivity index (χ1v) is 10.1. The van der Waals surface area contributed by atoms with E-state index in [0.29, 0.717) is 17.7 Å². The van der Waals surface area contributed by atoms with Crippen LogP contribution in [0.15, 0.2) is 47.6 Å². The summed E-state index contributed by atoms with van der Waals surface area (Å²) in [5.74, 6) is -0.488. The number of carbonyl (C=O) groups is 2. The maximum atomic E-state index is 12.7. The van der Waals surface area contributed by atoms with Gasteiger partial charge in [0.1, 0.15) is 11.9 Å². The standard InChI is InChI=1S/C24H32O5/c1-16-7-6-14-24(4,5)22(26)15-17(2)21(13-8-16)29-23(27)19-9-11-20(12-10-19)28-18(3)25/h8-12,15,21-22,26H,6-7,13-14H2,1-5H3/b16-8+,17-15+/t21?,22-/m1/s1. The monoisotopic (exact) mass is 400 g/mol. The molecule has 2 atom stereocenters. The fourth-order valence-corrected chi connectivity index (χ4v) is 3.31. The van der Waals surface area contributed by atoms with Gasteiger partial charge in [-0.2, -0.15) is 0 Å². The molecule has 0 saturated carbocycles. The quantitative estimate of drug-likeness (QED) is 0.439. The van der Waals surface area contributed by atoms with E-state index in [1.807, 2.05) is 13.0 Å². The number of hydrogen-bond donors (Lipinski definition) is 1. The van der Waals surface area contributed by atoms with Crippen molar-refractivity contribution in [3.05, 3.63) is 53.1 Å². The van der Waals surface area contributed by atoms with Gasteiger partial charge in [0.15, 0.2) is 0 Å². The number of esters is 2. The van der Waals surface area contributed by atoms with Gasteiger partial charge in [0, 0.05) is 13.3 Å². The molecule has 0 amide bonds. The Balaban J connectivity index is 2.20. The molecule has 158 valence electrons. The number of benzene rings is 1. The van der Waals surface area contributed by atoms with Gasteiger partial charge < -0.3 is 14.6 Å². The van der Waals surface area contributed by atoms with E-state index < -0.39 is 24.1 Å². The predicted octanol–water partition coefficient (Wildman–Crippen LogP) is 4.99. The lowest BCUT2D eigenvalue weighted by Crippen LogP contribution is -2.29. The minimum Gasteiger partial charge on any atom is -0.454 e. The molecule has 0 fully saturated rings. The number of rotatable bonds is 3. The van der Waals surface area contributed by atoms with E-state index in [1.54, 1.807) is 24.3 Å². The molecule has 1 N–H and O–H groups in total. The highest BCUT2D eigenvalue weighted by Crippen LogP contribution is 2.31. The summed E-state index contributed by atoms with van der Waals surface area (Å²) in [5.41, 5.74) is 2.23. The van der Waals surface area contributed by atoms with Crippen molar-refractivity contribution in [2.75, 3.05) is 0 Å². The molecule has 29 heavy (non-hydrogen) atoms. The molecule has 1 unspecified atom stereocenters. The zero-order chi connectivity index (χ0) is 21.6. The van der Waals surface area contributed by atoms with Gasteiger partial charge in [-0.05, 0) is 68.4 Å². The molecule has 5 heteroatoms. The van der Waals surface area contributed by atoms with Gasteiger partial charge in [-0.3, -0.25) is 4.79 Å². The maximum Gasteiger partial charge on any atom is 0.338 e. The second kappa shape index (κ2) is 9.88. The molecule has 0 aromatic heterocycles. The number of hydrogen-bond acceptors (Lipinski definition) is 5. The Labute approximate surface area is 173 Å². The Morgan fingerprint density at radius 3 is 2.41 bits per heavy atom. The van der Waals surface area contributed by atoms with Gasteiger partial charge in [0.2, 0.25) is 0 Å². The van der Waals surface area contributed by atoms with Crippen molar-refractivity contribution in [3.8, 4) is 5.75 Å². The molecule has 0 radical (unpaired) electrons. The van der Waals surface area contributed by atoms with Crippen molar-refractivity contribution >= 4 is 11.9 Å². The predicted molar refractivity (Wildman–Crippen MR) is 113 cm³/mol. The first kappa shape index (κ1) is 22.9. The SMILES string of the molecule is CC(=O)Oc1ccc(C(=O)OC2C/C=C(\C)CCCC(C)(C)[C@H](O)/C=C/2C)cc1. The molecule has 1 aromatic rings. The number of aliphatic hydroxyl groups excluding tert-OH is 1.